The summed E-state index contributed by atoms with van der Waals surface area (Å²) in [6, 6.07) is 4.96. The zero-order valence-corrected chi connectivity index (χ0v) is 16.5. The number of carbonyl (C=O) groups is 1. The molecule has 4 nitrogen and oxygen atoms in total. The Morgan fingerprint density at radius 3 is 2.63 bits per heavy atom. The van der Waals surface area contributed by atoms with Crippen LogP contribution in [0.25, 0.3) is 0 Å². The molecule has 1 saturated carbocycles. The minimum atomic E-state index is -0.434. The van der Waals surface area contributed by atoms with Crippen molar-refractivity contribution in [1.82, 2.24) is 10.6 Å². The molecule has 1 aliphatic carbocycles. The van der Waals surface area contributed by atoms with Crippen molar-refractivity contribution in [1.29, 1.82) is 0 Å². The number of allylic oxidation sites excluding steroid dienone is 4. The fourth-order valence-electron chi connectivity index (χ4n) is 3.00. The van der Waals surface area contributed by atoms with Crippen LogP contribution >= 0.6 is 23.2 Å². The smallest absolute Gasteiger partial charge is 0.253 e. The molecule has 2 rings (SSSR count). The molecule has 0 bridgehead atoms. The lowest BCUT2D eigenvalue weighted by Gasteiger charge is -2.29. The molecule has 0 heterocycles. The van der Waals surface area contributed by atoms with Crippen LogP contribution < -0.4 is 16.4 Å². The van der Waals surface area contributed by atoms with E-state index in [1.807, 2.05) is 0 Å². The molecule has 1 amide bonds. The highest BCUT2D eigenvalue weighted by Gasteiger charge is 2.23. The molecule has 7 heteroatoms. The lowest BCUT2D eigenvalue weighted by atomic mass is 9.86. The highest BCUT2D eigenvalue weighted by Crippen LogP contribution is 2.25. The Morgan fingerprint density at radius 2 is 1.96 bits per heavy atom. The van der Waals surface area contributed by atoms with Crippen LogP contribution in [0.4, 0.5) is 4.39 Å². The van der Waals surface area contributed by atoms with E-state index in [-0.39, 0.29) is 11.9 Å². The van der Waals surface area contributed by atoms with E-state index >= 15 is 0 Å². The van der Waals surface area contributed by atoms with Crippen LogP contribution in [0.3, 0.4) is 0 Å². The van der Waals surface area contributed by atoms with Gasteiger partial charge in [-0.25, -0.2) is 4.39 Å². The maximum atomic E-state index is 13.0. The van der Waals surface area contributed by atoms with Gasteiger partial charge in [0.2, 0.25) is 0 Å². The van der Waals surface area contributed by atoms with Crippen molar-refractivity contribution < 1.29 is 9.18 Å². The predicted molar refractivity (Wildman–Crippen MR) is 109 cm³/mol. The van der Waals surface area contributed by atoms with Crippen LogP contribution in [-0.4, -0.2) is 18.5 Å². The van der Waals surface area contributed by atoms with Crippen molar-refractivity contribution in [3.05, 3.63) is 70.3 Å². The van der Waals surface area contributed by atoms with Crippen LogP contribution in [-0.2, 0) is 0 Å². The van der Waals surface area contributed by atoms with E-state index in [0.29, 0.717) is 33.9 Å². The molecule has 0 unspecified atom stereocenters. The summed E-state index contributed by atoms with van der Waals surface area (Å²) in [5, 5.41) is 7.00. The topological polar surface area (TPSA) is 67.2 Å². The van der Waals surface area contributed by atoms with Gasteiger partial charge in [-0.2, -0.15) is 0 Å². The van der Waals surface area contributed by atoms with E-state index in [9.17, 15) is 9.18 Å². The number of nitrogens with two attached hydrogens (primary N) is 1. The van der Waals surface area contributed by atoms with Crippen molar-refractivity contribution in [2.75, 3.05) is 6.54 Å². The molecule has 0 aliphatic heterocycles. The van der Waals surface area contributed by atoms with Gasteiger partial charge in [0.05, 0.1) is 16.4 Å². The van der Waals surface area contributed by atoms with Crippen LogP contribution in [0.15, 0.2) is 54.7 Å². The molecule has 27 heavy (non-hydrogen) atoms. The lowest BCUT2D eigenvalue weighted by Crippen LogP contribution is -2.39. The first-order valence-electron chi connectivity index (χ1n) is 8.84. The normalized spacial score (nSPS) is 20.9. The Labute approximate surface area is 169 Å². The number of rotatable bonds is 7. The molecular formula is C20H24Cl2FN3O. The SMILES string of the molecule is C=C/C(F)=C\C=C(/N)NC[C@H]1CC[C@H](NC(=O)c2cc(Cl)ccc2Cl)CC1. The van der Waals surface area contributed by atoms with Crippen LogP contribution in [0.5, 0.6) is 0 Å². The lowest BCUT2D eigenvalue weighted by molar-refractivity contribution is 0.0922. The number of hydrogen-bond acceptors (Lipinski definition) is 3. The molecule has 1 fully saturated rings. The zero-order valence-electron chi connectivity index (χ0n) is 15.0. The van der Waals surface area contributed by atoms with Crippen molar-refractivity contribution in [2.24, 2.45) is 11.7 Å². The minimum absolute atomic E-state index is 0.112. The van der Waals surface area contributed by atoms with E-state index < -0.39 is 5.83 Å². The average molecular weight is 412 g/mol. The quantitative estimate of drug-likeness (QED) is 0.569. The Balaban J connectivity index is 1.77. The zero-order chi connectivity index (χ0) is 19.8. The molecule has 0 spiro atoms. The van der Waals surface area contributed by atoms with E-state index in [0.717, 1.165) is 31.8 Å². The fourth-order valence-corrected chi connectivity index (χ4v) is 3.38. The van der Waals surface area contributed by atoms with Crippen molar-refractivity contribution in [3.63, 3.8) is 0 Å². The first-order valence-corrected chi connectivity index (χ1v) is 9.59. The second-order valence-corrected chi connectivity index (χ2v) is 7.42. The van der Waals surface area contributed by atoms with Gasteiger partial charge in [-0.3, -0.25) is 4.79 Å². The summed E-state index contributed by atoms with van der Waals surface area (Å²) in [4.78, 5) is 12.4. The largest absolute Gasteiger partial charge is 0.386 e. The van der Waals surface area contributed by atoms with Gasteiger partial charge in [-0.15, -0.1) is 0 Å². The molecule has 0 aromatic heterocycles. The number of nitrogens with one attached hydrogen (secondary N) is 2. The fraction of sp³-hybridized carbons (Fsp3) is 0.350. The number of carbonyl (C=O) groups excluding carboxylic acids is 1. The van der Waals surface area contributed by atoms with Crippen molar-refractivity contribution >= 4 is 29.1 Å². The highest BCUT2D eigenvalue weighted by atomic mass is 35.5. The predicted octanol–water partition coefficient (Wildman–Crippen LogP) is 4.71. The number of benzene rings is 1. The summed E-state index contributed by atoms with van der Waals surface area (Å²) in [6.45, 7) is 4.05. The average Bonchev–Trinajstić information content (AvgIpc) is 2.67. The van der Waals surface area contributed by atoms with Gasteiger partial charge >= 0.3 is 0 Å². The summed E-state index contributed by atoms with van der Waals surface area (Å²) in [5.74, 6) is 0.231. The molecule has 0 radical (unpaired) electrons. The van der Waals surface area contributed by atoms with Crippen LogP contribution in [0, 0.1) is 5.92 Å². The van der Waals surface area contributed by atoms with Gasteiger partial charge < -0.3 is 16.4 Å². The maximum Gasteiger partial charge on any atom is 0.253 e. The second-order valence-electron chi connectivity index (χ2n) is 6.57. The molecule has 1 aromatic rings. The van der Waals surface area contributed by atoms with Gasteiger partial charge in [0.1, 0.15) is 5.83 Å². The first kappa shape index (κ1) is 21.3. The minimum Gasteiger partial charge on any atom is -0.386 e. The third kappa shape index (κ3) is 6.92. The van der Waals surface area contributed by atoms with Crippen LogP contribution in [0.2, 0.25) is 10.0 Å². The van der Waals surface area contributed by atoms with Crippen LogP contribution in [0.1, 0.15) is 36.0 Å². The molecule has 0 saturated heterocycles. The summed E-state index contributed by atoms with van der Waals surface area (Å²) in [6.07, 6.45) is 7.56. The number of halogens is 3. The van der Waals surface area contributed by atoms with Gasteiger partial charge in [0.15, 0.2) is 0 Å². The maximum absolute atomic E-state index is 13.0. The van der Waals surface area contributed by atoms with Gasteiger partial charge in [-0.05, 0) is 68.0 Å². The van der Waals surface area contributed by atoms with Gasteiger partial charge in [0, 0.05) is 17.6 Å². The monoisotopic (exact) mass is 411 g/mol. The third-order valence-electron chi connectivity index (χ3n) is 4.57. The Hall–Kier alpha value is -1.98. The van der Waals surface area contributed by atoms with Gasteiger partial charge in [-0.1, -0.05) is 29.8 Å². The summed E-state index contributed by atoms with van der Waals surface area (Å²) in [7, 11) is 0. The summed E-state index contributed by atoms with van der Waals surface area (Å²) in [5.41, 5.74) is 6.20. The molecular weight excluding hydrogens is 388 g/mol. The molecule has 146 valence electrons. The number of amides is 1. The van der Waals surface area contributed by atoms with E-state index in [4.69, 9.17) is 28.9 Å². The van der Waals surface area contributed by atoms with E-state index in [2.05, 4.69) is 17.2 Å². The Morgan fingerprint density at radius 1 is 1.26 bits per heavy atom. The van der Waals surface area contributed by atoms with E-state index in [1.54, 1.807) is 18.2 Å². The third-order valence-corrected chi connectivity index (χ3v) is 5.13. The van der Waals surface area contributed by atoms with Gasteiger partial charge in [0.25, 0.3) is 5.91 Å². The first-order chi connectivity index (χ1) is 12.9. The molecule has 4 N–H and O–H groups in total. The summed E-state index contributed by atoms with van der Waals surface area (Å²) >= 11 is 12.0. The Kier molecular flexibility index (Phi) is 8.20. The summed E-state index contributed by atoms with van der Waals surface area (Å²) < 4.78 is 13.0. The second kappa shape index (κ2) is 10.4. The Bertz CT molecular complexity index is 741. The van der Waals surface area contributed by atoms with Crippen molar-refractivity contribution in [2.45, 2.75) is 31.7 Å². The van der Waals surface area contributed by atoms with E-state index in [1.165, 1.54) is 12.2 Å². The molecule has 0 atom stereocenters. The molecule has 1 aromatic carbocycles. The standard InChI is InChI=1S/C20H24Cl2FN3O/c1-2-15(23)6-10-19(24)25-12-13-3-7-16(8-4-13)26-20(27)17-11-14(21)5-9-18(17)22/h2,5-6,9-11,13,16,25H,1,3-4,7-8,12,24H2,(H,26,27)/b15-6+,19-10+/t13-,16-. The highest BCUT2D eigenvalue weighted by molar-refractivity contribution is 6.35. The molecule has 1 aliphatic rings. The van der Waals surface area contributed by atoms with Crippen molar-refractivity contribution in [3.8, 4) is 0 Å². The number of hydrogen-bond donors (Lipinski definition) is 3.